The fourth-order valence-corrected chi connectivity index (χ4v) is 8.98. The molecule has 0 spiro atoms. The van der Waals surface area contributed by atoms with Gasteiger partial charge in [-0.25, -0.2) is 0 Å². The van der Waals surface area contributed by atoms with Gasteiger partial charge in [0.05, 0.1) is 0 Å². The van der Waals surface area contributed by atoms with Crippen molar-refractivity contribution < 1.29 is 0 Å². The molecule has 0 saturated heterocycles. The lowest BCUT2D eigenvalue weighted by Gasteiger charge is -2.26. The van der Waals surface area contributed by atoms with E-state index in [-0.39, 0.29) is 0 Å². The van der Waals surface area contributed by atoms with Crippen LogP contribution in [0.3, 0.4) is 0 Å². The van der Waals surface area contributed by atoms with E-state index in [0.29, 0.717) is 0 Å². The van der Waals surface area contributed by atoms with E-state index in [1.54, 1.807) is 6.08 Å². The van der Waals surface area contributed by atoms with E-state index in [9.17, 15) is 0 Å². The standard InChI is InChI=1S/C51H37NS/c1-3-4-6-13-35(2)52(43-29-24-37(25-30-43)42-18-11-17-41(34-42)36-14-7-5-8-15-36)44-31-26-39(27-32-44)46-20-12-21-47-48-33-28-40-23-22-38-16-9-10-19-45(38)49(40)51(48)53-50(46)47/h3-34H,1H2,2H3/b6-4-,35-13+. The molecule has 0 atom stereocenters. The van der Waals surface area contributed by atoms with Crippen LogP contribution >= 0.6 is 11.3 Å². The highest BCUT2D eigenvalue weighted by molar-refractivity contribution is 7.27. The van der Waals surface area contributed by atoms with Crippen molar-refractivity contribution in [3.8, 4) is 33.4 Å². The number of nitrogens with zero attached hydrogens (tertiary/aromatic N) is 1. The highest BCUT2D eigenvalue weighted by Crippen LogP contribution is 2.45. The average Bonchev–Trinajstić information content (AvgIpc) is 3.61. The second-order valence-electron chi connectivity index (χ2n) is 13.4. The number of fused-ring (bicyclic) bond motifs is 7. The first kappa shape index (κ1) is 32.4. The molecule has 53 heavy (non-hydrogen) atoms. The van der Waals surface area contributed by atoms with E-state index in [1.165, 1.54) is 75.1 Å². The molecule has 0 bridgehead atoms. The van der Waals surface area contributed by atoms with Gasteiger partial charge in [0.15, 0.2) is 0 Å². The van der Waals surface area contributed by atoms with Gasteiger partial charge >= 0.3 is 0 Å². The van der Waals surface area contributed by atoms with Gasteiger partial charge in [-0.05, 0) is 92.9 Å². The minimum absolute atomic E-state index is 1.10. The summed E-state index contributed by atoms with van der Waals surface area (Å²) < 4.78 is 2.68. The van der Waals surface area contributed by atoms with Gasteiger partial charge in [-0.1, -0.05) is 164 Å². The Bertz CT molecular complexity index is 2840. The number of allylic oxidation sites excluding steroid dienone is 5. The van der Waals surface area contributed by atoms with Crippen LogP contribution in [-0.2, 0) is 0 Å². The number of hydrogen-bond donors (Lipinski definition) is 0. The topological polar surface area (TPSA) is 3.24 Å². The monoisotopic (exact) mass is 695 g/mol. The SMILES string of the molecule is C=C/C=C\C=C(/C)N(c1ccc(-c2cccc(-c3ccccc3)c2)cc1)c1ccc(-c2cccc3c2sc2c3ccc3ccc4ccccc4c32)cc1. The predicted octanol–water partition coefficient (Wildman–Crippen LogP) is 15.1. The highest BCUT2D eigenvalue weighted by atomic mass is 32.1. The van der Waals surface area contributed by atoms with Crippen LogP contribution in [0.1, 0.15) is 6.92 Å². The van der Waals surface area contributed by atoms with Crippen molar-refractivity contribution in [1.82, 2.24) is 0 Å². The predicted molar refractivity (Wildman–Crippen MR) is 232 cm³/mol. The lowest BCUT2D eigenvalue weighted by atomic mass is 9.98. The van der Waals surface area contributed by atoms with Crippen LogP contribution in [0.15, 0.2) is 206 Å². The molecule has 0 radical (unpaired) electrons. The summed E-state index contributed by atoms with van der Waals surface area (Å²) in [6.45, 7) is 6.01. The maximum atomic E-state index is 3.86. The Morgan fingerprint density at radius 3 is 1.83 bits per heavy atom. The summed E-state index contributed by atoms with van der Waals surface area (Å²) in [5, 5.41) is 7.86. The molecule has 1 heterocycles. The van der Waals surface area contributed by atoms with Gasteiger partial charge in [0.25, 0.3) is 0 Å². The normalized spacial score (nSPS) is 12.0. The molecule has 0 aliphatic rings. The smallest absolute Gasteiger partial charge is 0.0458 e. The molecule has 1 aromatic heterocycles. The first-order valence-electron chi connectivity index (χ1n) is 18.0. The van der Waals surface area contributed by atoms with Gasteiger partial charge in [-0.15, -0.1) is 11.3 Å². The van der Waals surface area contributed by atoms with Crippen LogP contribution in [0.4, 0.5) is 11.4 Å². The highest BCUT2D eigenvalue weighted by Gasteiger charge is 2.16. The molecule has 0 unspecified atom stereocenters. The van der Waals surface area contributed by atoms with Crippen molar-refractivity contribution in [3.63, 3.8) is 0 Å². The van der Waals surface area contributed by atoms with Crippen LogP contribution in [0, 0.1) is 0 Å². The zero-order chi connectivity index (χ0) is 35.7. The third kappa shape index (κ3) is 6.04. The van der Waals surface area contributed by atoms with Crippen LogP contribution < -0.4 is 4.90 Å². The van der Waals surface area contributed by atoms with Crippen molar-refractivity contribution in [2.24, 2.45) is 0 Å². The van der Waals surface area contributed by atoms with Gasteiger partial charge in [0.2, 0.25) is 0 Å². The molecule has 0 N–H and O–H groups in total. The summed E-state index contributed by atoms with van der Waals surface area (Å²) in [6.07, 6.45) is 7.95. The Morgan fingerprint density at radius 2 is 1.08 bits per heavy atom. The third-order valence-electron chi connectivity index (χ3n) is 10.2. The minimum Gasteiger partial charge on any atom is -0.315 e. The van der Waals surface area contributed by atoms with Crippen LogP contribution in [0.2, 0.25) is 0 Å². The molecule has 9 aromatic rings. The summed E-state index contributed by atoms with van der Waals surface area (Å²) in [4.78, 5) is 2.32. The molecular weight excluding hydrogens is 659 g/mol. The van der Waals surface area contributed by atoms with E-state index >= 15 is 0 Å². The number of thiophene rings is 1. The maximum Gasteiger partial charge on any atom is 0.0458 e. The van der Waals surface area contributed by atoms with Crippen LogP contribution in [0.25, 0.3) is 75.1 Å². The summed E-state index contributed by atoms with van der Waals surface area (Å²) in [7, 11) is 0. The minimum atomic E-state index is 1.10. The Labute approximate surface area is 314 Å². The van der Waals surface area contributed by atoms with Gasteiger partial charge in [0, 0.05) is 42.6 Å². The zero-order valence-electron chi connectivity index (χ0n) is 29.5. The summed E-state index contributed by atoms with van der Waals surface area (Å²) in [5.74, 6) is 0. The van der Waals surface area contributed by atoms with Gasteiger partial charge in [-0.2, -0.15) is 0 Å². The second-order valence-corrected chi connectivity index (χ2v) is 14.4. The molecule has 0 fully saturated rings. The lowest BCUT2D eigenvalue weighted by Crippen LogP contribution is -2.14. The Balaban J connectivity index is 1.09. The number of rotatable bonds is 8. The average molecular weight is 696 g/mol. The molecule has 252 valence electrons. The quantitative estimate of drug-likeness (QED) is 0.113. The van der Waals surface area contributed by atoms with E-state index < -0.39 is 0 Å². The van der Waals surface area contributed by atoms with Gasteiger partial charge in [0.1, 0.15) is 0 Å². The molecule has 0 aliphatic heterocycles. The van der Waals surface area contributed by atoms with Crippen LogP contribution in [-0.4, -0.2) is 0 Å². The Hall–Kier alpha value is -6.48. The summed E-state index contributed by atoms with van der Waals surface area (Å²) in [6, 6.07) is 61.8. The van der Waals surface area contributed by atoms with Crippen molar-refractivity contribution in [2.75, 3.05) is 4.90 Å². The van der Waals surface area contributed by atoms with E-state index in [2.05, 4.69) is 194 Å². The van der Waals surface area contributed by atoms with Crippen LogP contribution in [0.5, 0.6) is 0 Å². The van der Waals surface area contributed by atoms with Crippen molar-refractivity contribution in [2.45, 2.75) is 6.92 Å². The second kappa shape index (κ2) is 13.9. The van der Waals surface area contributed by atoms with E-state index in [0.717, 1.165) is 17.1 Å². The molecule has 0 amide bonds. The Kier molecular flexibility index (Phi) is 8.51. The Morgan fingerprint density at radius 1 is 0.491 bits per heavy atom. The maximum absolute atomic E-state index is 3.86. The summed E-state index contributed by atoms with van der Waals surface area (Å²) >= 11 is 1.91. The van der Waals surface area contributed by atoms with E-state index in [4.69, 9.17) is 0 Å². The molecule has 0 saturated carbocycles. The number of hydrogen-bond acceptors (Lipinski definition) is 2. The molecule has 2 heteroatoms. The number of anilines is 2. The molecule has 0 aliphatic carbocycles. The van der Waals surface area contributed by atoms with Crippen molar-refractivity contribution >= 4 is 64.4 Å². The largest absolute Gasteiger partial charge is 0.315 e. The molecule has 1 nitrogen and oxygen atoms in total. The van der Waals surface area contributed by atoms with Gasteiger partial charge < -0.3 is 4.90 Å². The fraction of sp³-hybridized carbons (Fsp3) is 0.0196. The number of benzene rings is 8. The fourth-order valence-electron chi connectivity index (χ4n) is 7.58. The molecular formula is C51H37NS. The van der Waals surface area contributed by atoms with Gasteiger partial charge in [-0.3, -0.25) is 0 Å². The summed E-state index contributed by atoms with van der Waals surface area (Å²) in [5.41, 5.74) is 10.6. The first-order valence-corrected chi connectivity index (χ1v) is 18.9. The third-order valence-corrected chi connectivity index (χ3v) is 11.4. The zero-order valence-corrected chi connectivity index (χ0v) is 30.4. The molecule has 8 aromatic carbocycles. The molecule has 9 rings (SSSR count). The van der Waals surface area contributed by atoms with E-state index in [1.807, 2.05) is 23.5 Å². The van der Waals surface area contributed by atoms with Crippen molar-refractivity contribution in [3.05, 3.63) is 206 Å². The first-order chi connectivity index (χ1) is 26.2. The lowest BCUT2D eigenvalue weighted by molar-refractivity contribution is 1.16. The van der Waals surface area contributed by atoms with Crippen molar-refractivity contribution in [1.29, 1.82) is 0 Å².